The molecule has 0 unspecified atom stereocenters. The van der Waals surface area contributed by atoms with Crippen LogP contribution in [0.1, 0.15) is 25.8 Å². The Bertz CT molecular complexity index is 647. The molecule has 23 heavy (non-hydrogen) atoms. The minimum Gasteiger partial charge on any atom is -0.490 e. The highest BCUT2D eigenvalue weighted by Crippen LogP contribution is 2.37. The first-order chi connectivity index (χ1) is 11.1. The summed E-state index contributed by atoms with van der Waals surface area (Å²) < 4.78 is 11.4. The number of halogens is 2. The maximum atomic E-state index is 6.36. The Morgan fingerprint density at radius 2 is 1.87 bits per heavy atom. The first kappa shape index (κ1) is 17.8. The normalized spacial score (nSPS) is 10.4. The Hall–Kier alpha value is -1.58. The fourth-order valence-electron chi connectivity index (χ4n) is 2.13. The molecule has 0 aliphatic heterocycles. The summed E-state index contributed by atoms with van der Waals surface area (Å²) in [5.74, 6) is 1.29. The summed E-state index contributed by atoms with van der Waals surface area (Å²) in [7, 11) is 0. The van der Waals surface area contributed by atoms with Crippen molar-refractivity contribution >= 4 is 28.9 Å². The van der Waals surface area contributed by atoms with Crippen molar-refractivity contribution in [3.8, 4) is 11.5 Å². The average Bonchev–Trinajstić information content (AvgIpc) is 2.52. The fourth-order valence-corrected chi connectivity index (χ4v) is 2.61. The zero-order chi connectivity index (χ0) is 16.7. The van der Waals surface area contributed by atoms with Gasteiger partial charge in [-0.15, -0.1) is 0 Å². The van der Waals surface area contributed by atoms with Gasteiger partial charge in [-0.1, -0.05) is 36.2 Å². The summed E-state index contributed by atoms with van der Waals surface area (Å²) in [4.78, 5) is 0. The second-order valence-corrected chi connectivity index (χ2v) is 5.89. The van der Waals surface area contributed by atoms with Crippen LogP contribution in [0.3, 0.4) is 0 Å². The van der Waals surface area contributed by atoms with Gasteiger partial charge in [0.05, 0.1) is 18.2 Å². The van der Waals surface area contributed by atoms with E-state index < -0.39 is 0 Å². The third kappa shape index (κ3) is 5.22. The highest BCUT2D eigenvalue weighted by molar-refractivity contribution is 6.32. The Labute approximate surface area is 147 Å². The molecule has 0 fully saturated rings. The van der Waals surface area contributed by atoms with Crippen molar-refractivity contribution in [3.05, 3.63) is 52.0 Å². The molecule has 0 amide bonds. The number of ether oxygens (including phenoxy) is 2. The predicted octanol–water partition coefficient (Wildman–Crippen LogP) is 5.79. The molecule has 0 aromatic heterocycles. The Kier molecular flexibility index (Phi) is 6.87. The second-order valence-electron chi connectivity index (χ2n) is 5.05. The molecule has 3 nitrogen and oxygen atoms in total. The molecule has 0 radical (unpaired) electrons. The van der Waals surface area contributed by atoms with E-state index in [1.807, 2.05) is 43.3 Å². The van der Waals surface area contributed by atoms with Crippen LogP contribution in [0.25, 0.3) is 0 Å². The Morgan fingerprint density at radius 3 is 2.57 bits per heavy atom. The van der Waals surface area contributed by atoms with Gasteiger partial charge in [0, 0.05) is 17.3 Å². The van der Waals surface area contributed by atoms with Crippen LogP contribution >= 0.6 is 23.2 Å². The largest absolute Gasteiger partial charge is 0.490 e. The minimum absolute atomic E-state index is 0.560. The minimum atomic E-state index is 0.560. The van der Waals surface area contributed by atoms with Gasteiger partial charge in [0.25, 0.3) is 0 Å². The summed E-state index contributed by atoms with van der Waals surface area (Å²) in [5, 5.41) is 4.58. The van der Waals surface area contributed by atoms with Gasteiger partial charge >= 0.3 is 0 Å². The van der Waals surface area contributed by atoms with Crippen LogP contribution in [-0.4, -0.2) is 13.2 Å². The molecule has 0 saturated heterocycles. The van der Waals surface area contributed by atoms with Crippen LogP contribution in [0.15, 0.2) is 36.4 Å². The molecular weight excluding hydrogens is 333 g/mol. The van der Waals surface area contributed by atoms with Gasteiger partial charge in [0.2, 0.25) is 0 Å². The number of hydrogen-bond donors (Lipinski definition) is 1. The highest BCUT2D eigenvalue weighted by Gasteiger charge is 2.12. The van der Waals surface area contributed by atoms with Crippen molar-refractivity contribution in [1.29, 1.82) is 0 Å². The van der Waals surface area contributed by atoms with Crippen molar-refractivity contribution in [2.75, 3.05) is 18.5 Å². The van der Waals surface area contributed by atoms with Gasteiger partial charge in [0.1, 0.15) is 0 Å². The first-order valence-corrected chi connectivity index (χ1v) is 8.47. The quantitative estimate of drug-likeness (QED) is 0.651. The Balaban J connectivity index is 2.15. The van der Waals surface area contributed by atoms with E-state index in [2.05, 4.69) is 12.2 Å². The topological polar surface area (TPSA) is 30.5 Å². The number of hydrogen-bond acceptors (Lipinski definition) is 3. The molecule has 0 saturated carbocycles. The smallest absolute Gasteiger partial charge is 0.179 e. The lowest BCUT2D eigenvalue weighted by molar-refractivity contribution is 0.277. The summed E-state index contributed by atoms with van der Waals surface area (Å²) in [6.07, 6.45) is 0.917. The number of benzene rings is 2. The summed E-state index contributed by atoms with van der Waals surface area (Å²) in [6, 6.07) is 11.5. The van der Waals surface area contributed by atoms with Crippen LogP contribution in [0.5, 0.6) is 11.5 Å². The van der Waals surface area contributed by atoms with Crippen molar-refractivity contribution in [1.82, 2.24) is 0 Å². The van der Waals surface area contributed by atoms with Gasteiger partial charge in [-0.25, -0.2) is 0 Å². The third-order valence-corrected chi connectivity index (χ3v) is 3.66. The SMILES string of the molecule is CCCOc1c(Cl)cc(CNc2cccc(Cl)c2)cc1OCC. The highest BCUT2D eigenvalue weighted by atomic mass is 35.5. The van der Waals surface area contributed by atoms with E-state index >= 15 is 0 Å². The van der Waals surface area contributed by atoms with E-state index in [9.17, 15) is 0 Å². The molecule has 2 aromatic carbocycles. The average molecular weight is 354 g/mol. The standard InChI is InChI=1S/C18H21Cl2NO2/c1-3-8-23-18-16(20)9-13(10-17(18)22-4-2)12-21-15-7-5-6-14(19)11-15/h5-7,9-11,21H,3-4,8,12H2,1-2H3. The lowest BCUT2D eigenvalue weighted by atomic mass is 10.2. The zero-order valence-corrected chi connectivity index (χ0v) is 14.9. The first-order valence-electron chi connectivity index (χ1n) is 7.71. The van der Waals surface area contributed by atoms with E-state index in [0.29, 0.717) is 41.3 Å². The van der Waals surface area contributed by atoms with E-state index in [-0.39, 0.29) is 0 Å². The van der Waals surface area contributed by atoms with Gasteiger partial charge in [-0.2, -0.15) is 0 Å². The summed E-state index contributed by atoms with van der Waals surface area (Å²) in [6.45, 7) is 5.78. The molecule has 5 heteroatoms. The molecular formula is C18H21Cl2NO2. The number of rotatable bonds is 8. The van der Waals surface area contributed by atoms with Crippen molar-refractivity contribution in [3.63, 3.8) is 0 Å². The van der Waals surface area contributed by atoms with Crippen LogP contribution in [-0.2, 0) is 6.54 Å². The van der Waals surface area contributed by atoms with Crippen molar-refractivity contribution < 1.29 is 9.47 Å². The molecule has 2 aromatic rings. The lowest BCUT2D eigenvalue weighted by Crippen LogP contribution is -2.04. The zero-order valence-electron chi connectivity index (χ0n) is 13.4. The van der Waals surface area contributed by atoms with Crippen LogP contribution in [0.2, 0.25) is 10.0 Å². The van der Waals surface area contributed by atoms with E-state index in [1.165, 1.54) is 0 Å². The molecule has 0 spiro atoms. The van der Waals surface area contributed by atoms with Crippen LogP contribution in [0, 0.1) is 0 Å². The van der Waals surface area contributed by atoms with E-state index in [4.69, 9.17) is 32.7 Å². The van der Waals surface area contributed by atoms with E-state index in [1.54, 1.807) is 0 Å². The molecule has 0 heterocycles. The maximum absolute atomic E-state index is 6.36. The van der Waals surface area contributed by atoms with Crippen LogP contribution in [0.4, 0.5) is 5.69 Å². The Morgan fingerprint density at radius 1 is 1.04 bits per heavy atom. The maximum Gasteiger partial charge on any atom is 0.179 e. The monoisotopic (exact) mass is 353 g/mol. The molecule has 0 aliphatic carbocycles. The summed E-state index contributed by atoms with van der Waals surface area (Å²) in [5.41, 5.74) is 1.97. The molecule has 0 atom stereocenters. The summed E-state index contributed by atoms with van der Waals surface area (Å²) >= 11 is 12.3. The fraction of sp³-hybridized carbons (Fsp3) is 0.333. The molecule has 1 N–H and O–H groups in total. The molecule has 2 rings (SSSR count). The lowest BCUT2D eigenvalue weighted by Gasteiger charge is -2.15. The van der Waals surface area contributed by atoms with E-state index in [0.717, 1.165) is 17.7 Å². The van der Waals surface area contributed by atoms with Crippen LogP contribution < -0.4 is 14.8 Å². The second kappa shape index (κ2) is 8.90. The van der Waals surface area contributed by atoms with Gasteiger partial charge in [0.15, 0.2) is 11.5 Å². The van der Waals surface area contributed by atoms with Gasteiger partial charge in [-0.3, -0.25) is 0 Å². The molecule has 124 valence electrons. The number of nitrogens with one attached hydrogen (secondary N) is 1. The van der Waals surface area contributed by atoms with Crippen molar-refractivity contribution in [2.24, 2.45) is 0 Å². The molecule has 0 bridgehead atoms. The predicted molar refractivity (Wildman–Crippen MR) is 97.2 cm³/mol. The van der Waals surface area contributed by atoms with Gasteiger partial charge < -0.3 is 14.8 Å². The number of anilines is 1. The van der Waals surface area contributed by atoms with Gasteiger partial charge in [-0.05, 0) is 49.2 Å². The molecule has 0 aliphatic rings. The third-order valence-electron chi connectivity index (χ3n) is 3.14. The van der Waals surface area contributed by atoms with Crippen molar-refractivity contribution in [2.45, 2.75) is 26.8 Å².